The minimum Gasteiger partial charge on any atom is -0.477 e. The van der Waals surface area contributed by atoms with E-state index in [2.05, 4.69) is 8.97 Å². The fraction of sp³-hybridized carbons (Fsp3) is 0.471. The molecule has 8 heteroatoms. The summed E-state index contributed by atoms with van der Waals surface area (Å²) in [7, 11) is 2.00. The van der Waals surface area contributed by atoms with Gasteiger partial charge in [-0.3, -0.25) is 4.79 Å². The van der Waals surface area contributed by atoms with Crippen molar-refractivity contribution >= 4 is 33.6 Å². The number of carboxylic acid groups (broad SMARTS) is 1. The number of β-lactam (4-membered cyclic amide) rings is 1. The number of aliphatic hydroxyl groups excluding tert-OH is 1. The summed E-state index contributed by atoms with van der Waals surface area (Å²) in [4.78, 5) is 27.4. The Morgan fingerprint density at radius 2 is 2.12 bits per heavy atom. The number of rotatable bonds is 3. The van der Waals surface area contributed by atoms with Crippen LogP contribution in [0.1, 0.15) is 29.7 Å². The predicted octanol–water partition coefficient (Wildman–Crippen LogP) is 0.849. The number of hydrogen-bond acceptors (Lipinski definition) is 4. The fourth-order valence-electron chi connectivity index (χ4n) is 4.02. The lowest BCUT2D eigenvalue weighted by Crippen LogP contribution is -2.61. The van der Waals surface area contributed by atoms with E-state index in [1.165, 1.54) is 4.90 Å². The average molecular weight is 362 g/mol. The van der Waals surface area contributed by atoms with Crippen molar-refractivity contribution in [3.63, 3.8) is 0 Å². The van der Waals surface area contributed by atoms with Crippen LogP contribution >= 0.6 is 11.3 Å². The van der Waals surface area contributed by atoms with Gasteiger partial charge in [-0.15, -0.1) is 0 Å². The van der Waals surface area contributed by atoms with Crippen molar-refractivity contribution in [2.45, 2.75) is 39.3 Å². The second kappa shape index (κ2) is 5.15. The maximum absolute atomic E-state index is 12.3. The molecular formula is C17H20N3O4S+. The molecule has 2 aromatic heterocycles. The molecule has 3 atom stereocenters. The third-order valence-electron chi connectivity index (χ3n) is 5.55. The van der Waals surface area contributed by atoms with E-state index in [1.54, 1.807) is 18.3 Å². The van der Waals surface area contributed by atoms with Gasteiger partial charge in [-0.1, -0.05) is 11.3 Å². The highest BCUT2D eigenvalue weighted by Gasteiger charge is 2.57. The second-order valence-corrected chi connectivity index (χ2v) is 7.87. The number of aromatic nitrogens is 2. The molecule has 0 aliphatic carbocycles. The van der Waals surface area contributed by atoms with Gasteiger partial charge >= 0.3 is 5.97 Å². The number of hydrogen-bond donors (Lipinski definition) is 2. The quantitative estimate of drug-likeness (QED) is 0.626. The number of carbonyl (C=O) groups is 2. The Labute approximate surface area is 148 Å². The van der Waals surface area contributed by atoms with Gasteiger partial charge in [0.25, 0.3) is 5.82 Å². The Hall–Kier alpha value is -2.19. The number of aliphatic carboxylic acids is 1. The van der Waals surface area contributed by atoms with Gasteiger partial charge in [-0.05, 0) is 13.3 Å². The summed E-state index contributed by atoms with van der Waals surface area (Å²) in [6.45, 7) is 5.63. The summed E-state index contributed by atoms with van der Waals surface area (Å²) < 4.78 is 4.16. The van der Waals surface area contributed by atoms with E-state index in [0.717, 1.165) is 21.2 Å². The van der Waals surface area contributed by atoms with Crippen molar-refractivity contribution in [3.8, 4) is 0 Å². The van der Waals surface area contributed by atoms with Gasteiger partial charge in [0, 0.05) is 19.4 Å². The lowest BCUT2D eigenvalue weighted by Gasteiger charge is -2.44. The van der Waals surface area contributed by atoms with Crippen LogP contribution in [0.15, 0.2) is 11.9 Å². The van der Waals surface area contributed by atoms with E-state index in [-0.39, 0.29) is 17.6 Å². The number of nitrogens with zero attached hydrogens (tertiary/aromatic N) is 3. The molecule has 0 radical (unpaired) electrons. The van der Waals surface area contributed by atoms with Gasteiger partial charge in [0.2, 0.25) is 10.7 Å². The lowest BCUT2D eigenvalue weighted by molar-refractivity contribution is -0.516. The molecule has 2 aromatic rings. The predicted molar refractivity (Wildman–Crippen MR) is 90.9 cm³/mol. The first-order valence-electron chi connectivity index (χ1n) is 8.19. The van der Waals surface area contributed by atoms with Crippen molar-refractivity contribution < 1.29 is 24.2 Å². The van der Waals surface area contributed by atoms with E-state index >= 15 is 0 Å². The molecule has 7 nitrogen and oxygen atoms in total. The van der Waals surface area contributed by atoms with Gasteiger partial charge in [0.05, 0.1) is 30.0 Å². The van der Waals surface area contributed by atoms with Crippen LogP contribution in [0.2, 0.25) is 0 Å². The molecule has 2 aliphatic rings. The first kappa shape index (κ1) is 16.3. The fourth-order valence-corrected chi connectivity index (χ4v) is 5.26. The zero-order valence-electron chi connectivity index (χ0n) is 14.5. The molecule has 4 rings (SSSR count). The molecule has 0 aromatic carbocycles. The van der Waals surface area contributed by atoms with Gasteiger partial charge < -0.3 is 15.1 Å². The molecule has 2 N–H and O–H groups in total. The standard InChI is InChI=1S/C17H19N3O4S/c1-7-16-19(9(3)18(7)4)6-12(25-16)10-5-11-13(8(2)21)15(22)20(11)14(10)17(23)24/h6,8,11,13,21H,5H2,1-4H3/p+1/t8-,11-,13-/m1/s1. The normalized spacial score (nSPS) is 24.0. The SMILES string of the molecule is Cc1c2sc(C3=C(C(=O)O)N4C(=O)[C@H]([C@@H](C)O)[C@H]4C3)c[n+]2c(C)n1C. The largest absolute Gasteiger partial charge is 0.477 e. The van der Waals surface area contributed by atoms with E-state index in [1.807, 2.05) is 27.1 Å². The molecule has 0 spiro atoms. The number of aliphatic hydroxyl groups is 1. The highest BCUT2D eigenvalue weighted by atomic mass is 32.1. The molecule has 1 amide bonds. The molecule has 0 saturated carbocycles. The summed E-state index contributed by atoms with van der Waals surface area (Å²) in [5.74, 6) is -0.841. The van der Waals surface area contributed by atoms with Crippen LogP contribution in [0.4, 0.5) is 0 Å². The Morgan fingerprint density at radius 1 is 1.44 bits per heavy atom. The van der Waals surface area contributed by atoms with Crippen LogP contribution in [-0.2, 0) is 16.6 Å². The third-order valence-corrected chi connectivity index (χ3v) is 6.80. The number of amides is 1. The van der Waals surface area contributed by atoms with Crippen LogP contribution in [-0.4, -0.2) is 43.7 Å². The van der Waals surface area contributed by atoms with Crippen LogP contribution in [0.3, 0.4) is 0 Å². The Morgan fingerprint density at radius 3 is 2.68 bits per heavy atom. The molecule has 2 aliphatic heterocycles. The summed E-state index contributed by atoms with van der Waals surface area (Å²) in [6.07, 6.45) is 1.65. The zero-order chi connectivity index (χ0) is 18.2. The Balaban J connectivity index is 1.83. The summed E-state index contributed by atoms with van der Waals surface area (Å²) in [5, 5.41) is 19.5. The van der Waals surface area contributed by atoms with Crippen molar-refractivity contribution in [2.75, 3.05) is 0 Å². The molecule has 0 bridgehead atoms. The Bertz CT molecular complexity index is 931. The number of fused-ring (bicyclic) bond motifs is 2. The highest BCUT2D eigenvalue weighted by molar-refractivity contribution is 7.18. The van der Waals surface area contributed by atoms with Crippen molar-refractivity contribution in [3.05, 3.63) is 28.3 Å². The number of aryl methyl sites for hydroxylation is 2. The molecule has 25 heavy (non-hydrogen) atoms. The van der Waals surface area contributed by atoms with Crippen molar-refractivity contribution in [2.24, 2.45) is 13.0 Å². The van der Waals surface area contributed by atoms with Gasteiger partial charge in [0.1, 0.15) is 11.9 Å². The first-order valence-corrected chi connectivity index (χ1v) is 9.00. The molecule has 0 unspecified atom stereocenters. The highest BCUT2D eigenvalue weighted by Crippen LogP contribution is 2.47. The number of thiazole rings is 1. The van der Waals surface area contributed by atoms with Crippen molar-refractivity contribution in [1.29, 1.82) is 0 Å². The number of imidazole rings is 1. The Kier molecular flexibility index (Phi) is 3.36. The summed E-state index contributed by atoms with van der Waals surface area (Å²) in [5.41, 5.74) is 1.87. The zero-order valence-corrected chi connectivity index (χ0v) is 15.3. The number of carbonyl (C=O) groups excluding carboxylic acids is 1. The van der Waals surface area contributed by atoms with E-state index in [9.17, 15) is 19.8 Å². The minimum atomic E-state index is -1.09. The van der Waals surface area contributed by atoms with Gasteiger partial charge in [-0.2, -0.15) is 4.40 Å². The maximum atomic E-state index is 12.3. The lowest BCUT2D eigenvalue weighted by atomic mass is 9.83. The average Bonchev–Trinajstić information content (AvgIpc) is 3.16. The smallest absolute Gasteiger partial charge is 0.352 e. The van der Waals surface area contributed by atoms with E-state index in [0.29, 0.717) is 12.0 Å². The monoisotopic (exact) mass is 362 g/mol. The van der Waals surface area contributed by atoms with Gasteiger partial charge in [0.15, 0.2) is 5.69 Å². The first-order chi connectivity index (χ1) is 11.7. The van der Waals surface area contributed by atoms with Crippen LogP contribution in [0, 0.1) is 19.8 Å². The van der Waals surface area contributed by atoms with Crippen LogP contribution < -0.4 is 4.40 Å². The minimum absolute atomic E-state index is 0.0658. The summed E-state index contributed by atoms with van der Waals surface area (Å²) in [6, 6.07) is -0.256. The molecule has 4 heterocycles. The van der Waals surface area contributed by atoms with E-state index in [4.69, 9.17) is 0 Å². The third kappa shape index (κ3) is 1.98. The number of carboxylic acids is 1. The van der Waals surface area contributed by atoms with Crippen LogP contribution in [0.5, 0.6) is 0 Å². The molecule has 1 saturated heterocycles. The molecule has 1 fully saturated rings. The van der Waals surface area contributed by atoms with Crippen molar-refractivity contribution in [1.82, 2.24) is 9.47 Å². The molecular weight excluding hydrogens is 342 g/mol. The maximum Gasteiger partial charge on any atom is 0.352 e. The van der Waals surface area contributed by atoms with Gasteiger partial charge in [-0.25, -0.2) is 9.36 Å². The summed E-state index contributed by atoms with van der Waals surface area (Å²) >= 11 is 1.54. The second-order valence-electron chi connectivity index (χ2n) is 6.84. The van der Waals surface area contributed by atoms with Crippen LogP contribution in [0.25, 0.3) is 10.4 Å². The van der Waals surface area contributed by atoms with E-state index < -0.39 is 18.0 Å². The topological polar surface area (TPSA) is 86.9 Å². The molecule has 132 valence electrons.